The minimum atomic E-state index is 1.07. The fraction of sp³-hybridized carbons (Fsp3) is 0.400. The van der Waals surface area contributed by atoms with Crippen molar-refractivity contribution in [3.05, 3.63) is 29.3 Å². The molecule has 0 unspecified atom stereocenters. The van der Waals surface area contributed by atoms with Crippen LogP contribution in [0.5, 0.6) is 0 Å². The van der Waals surface area contributed by atoms with E-state index in [-0.39, 0.29) is 0 Å². The Morgan fingerprint density at radius 2 is 1.91 bits per heavy atom. The Balaban J connectivity index is 2.99. The molecular formula is C10H14S. The van der Waals surface area contributed by atoms with E-state index in [1.807, 2.05) is 0 Å². The van der Waals surface area contributed by atoms with Gasteiger partial charge in [0.25, 0.3) is 0 Å². The van der Waals surface area contributed by atoms with E-state index < -0.39 is 0 Å². The first-order chi connectivity index (χ1) is 5.27. The first-order valence-corrected chi connectivity index (χ1v) is 4.53. The standard InChI is InChI=1S/C10H14S/c1-3-8-5-6-9(4-2)10(11)7-8/h5-7,11H,3-4H2,1-2H3. The molecule has 1 heteroatoms. The summed E-state index contributed by atoms with van der Waals surface area (Å²) in [4.78, 5) is 1.13. The van der Waals surface area contributed by atoms with Crippen molar-refractivity contribution < 1.29 is 0 Å². The van der Waals surface area contributed by atoms with E-state index in [4.69, 9.17) is 0 Å². The Kier molecular flexibility index (Phi) is 3.01. The first kappa shape index (κ1) is 8.66. The Hall–Kier alpha value is -0.430. The first-order valence-electron chi connectivity index (χ1n) is 4.08. The smallest absolute Gasteiger partial charge is 0.00746 e. The average Bonchev–Trinajstić information content (AvgIpc) is 2.04. The van der Waals surface area contributed by atoms with Crippen molar-refractivity contribution in [3.8, 4) is 0 Å². The molecule has 0 N–H and O–H groups in total. The van der Waals surface area contributed by atoms with E-state index >= 15 is 0 Å². The molecule has 0 radical (unpaired) electrons. The van der Waals surface area contributed by atoms with Crippen molar-refractivity contribution >= 4 is 12.6 Å². The third-order valence-corrected chi connectivity index (χ3v) is 2.36. The average molecular weight is 166 g/mol. The summed E-state index contributed by atoms with van der Waals surface area (Å²) in [6, 6.07) is 6.50. The third kappa shape index (κ3) is 2.00. The van der Waals surface area contributed by atoms with Crippen molar-refractivity contribution in [2.45, 2.75) is 31.6 Å². The lowest BCUT2D eigenvalue weighted by atomic mass is 10.1. The molecule has 0 aliphatic rings. The number of hydrogen-bond acceptors (Lipinski definition) is 1. The Labute approximate surface area is 74.0 Å². The molecule has 0 atom stereocenters. The summed E-state index contributed by atoms with van der Waals surface area (Å²) in [6.45, 7) is 4.31. The molecule has 0 aliphatic heterocycles. The topological polar surface area (TPSA) is 0 Å². The maximum atomic E-state index is 4.40. The van der Waals surface area contributed by atoms with Gasteiger partial charge in [-0.2, -0.15) is 0 Å². The second-order valence-corrected chi connectivity index (χ2v) is 3.15. The number of benzene rings is 1. The van der Waals surface area contributed by atoms with Gasteiger partial charge in [-0.25, -0.2) is 0 Å². The molecule has 1 aromatic rings. The van der Waals surface area contributed by atoms with E-state index in [2.05, 4.69) is 44.7 Å². The largest absolute Gasteiger partial charge is 0.143 e. The molecule has 0 aliphatic carbocycles. The number of rotatable bonds is 2. The van der Waals surface area contributed by atoms with E-state index in [0.29, 0.717) is 0 Å². The summed E-state index contributed by atoms with van der Waals surface area (Å²) in [7, 11) is 0. The summed E-state index contributed by atoms with van der Waals surface area (Å²) < 4.78 is 0. The van der Waals surface area contributed by atoms with Gasteiger partial charge in [0.05, 0.1) is 0 Å². The van der Waals surface area contributed by atoms with E-state index in [9.17, 15) is 0 Å². The Morgan fingerprint density at radius 1 is 1.18 bits per heavy atom. The van der Waals surface area contributed by atoms with E-state index in [0.717, 1.165) is 17.7 Å². The van der Waals surface area contributed by atoms with Crippen LogP contribution < -0.4 is 0 Å². The molecule has 0 bridgehead atoms. The predicted octanol–water partition coefficient (Wildman–Crippen LogP) is 3.10. The number of aryl methyl sites for hydroxylation is 2. The fourth-order valence-corrected chi connectivity index (χ4v) is 1.53. The highest BCUT2D eigenvalue weighted by Crippen LogP contribution is 2.16. The molecule has 0 saturated carbocycles. The number of thiol groups is 1. The molecule has 0 amide bonds. The monoisotopic (exact) mass is 166 g/mol. The minimum absolute atomic E-state index is 1.07. The van der Waals surface area contributed by atoms with E-state index in [1.54, 1.807) is 0 Å². The zero-order valence-corrected chi connectivity index (χ0v) is 7.99. The lowest BCUT2D eigenvalue weighted by Gasteiger charge is -2.03. The van der Waals surface area contributed by atoms with Gasteiger partial charge in [0, 0.05) is 4.90 Å². The molecular weight excluding hydrogens is 152 g/mol. The van der Waals surface area contributed by atoms with Crippen LogP contribution in [0.25, 0.3) is 0 Å². The Morgan fingerprint density at radius 3 is 2.36 bits per heavy atom. The molecule has 0 aromatic heterocycles. The summed E-state index contributed by atoms with van der Waals surface area (Å²) in [5, 5.41) is 0. The van der Waals surface area contributed by atoms with Crippen molar-refractivity contribution in [1.82, 2.24) is 0 Å². The van der Waals surface area contributed by atoms with Crippen LogP contribution in [0.2, 0.25) is 0 Å². The van der Waals surface area contributed by atoms with Crippen LogP contribution >= 0.6 is 12.6 Å². The molecule has 0 saturated heterocycles. The molecule has 11 heavy (non-hydrogen) atoms. The maximum absolute atomic E-state index is 4.40. The summed E-state index contributed by atoms with van der Waals surface area (Å²) in [6.07, 6.45) is 2.17. The second kappa shape index (κ2) is 3.82. The van der Waals surface area contributed by atoms with Crippen LogP contribution in [-0.4, -0.2) is 0 Å². The molecule has 0 heterocycles. The van der Waals surface area contributed by atoms with Crippen molar-refractivity contribution in [2.24, 2.45) is 0 Å². The van der Waals surface area contributed by atoms with Crippen LogP contribution in [-0.2, 0) is 12.8 Å². The van der Waals surface area contributed by atoms with Crippen molar-refractivity contribution in [3.63, 3.8) is 0 Å². The highest BCUT2D eigenvalue weighted by Gasteiger charge is 1.96. The van der Waals surface area contributed by atoms with Crippen LogP contribution in [0.15, 0.2) is 23.1 Å². The lowest BCUT2D eigenvalue weighted by molar-refractivity contribution is 1.05. The third-order valence-electron chi connectivity index (χ3n) is 1.94. The van der Waals surface area contributed by atoms with Crippen molar-refractivity contribution in [1.29, 1.82) is 0 Å². The van der Waals surface area contributed by atoms with Crippen LogP contribution in [0, 0.1) is 0 Å². The van der Waals surface area contributed by atoms with Crippen LogP contribution in [0.4, 0.5) is 0 Å². The van der Waals surface area contributed by atoms with Gasteiger partial charge in [-0.05, 0) is 30.0 Å². The zero-order valence-electron chi connectivity index (χ0n) is 7.09. The second-order valence-electron chi connectivity index (χ2n) is 2.67. The lowest BCUT2D eigenvalue weighted by Crippen LogP contribution is -1.85. The summed E-state index contributed by atoms with van der Waals surface area (Å²) in [5.74, 6) is 0. The van der Waals surface area contributed by atoms with Gasteiger partial charge in [0.2, 0.25) is 0 Å². The zero-order chi connectivity index (χ0) is 8.27. The predicted molar refractivity (Wildman–Crippen MR) is 52.5 cm³/mol. The molecule has 0 nitrogen and oxygen atoms in total. The van der Waals surface area contributed by atoms with Gasteiger partial charge in [0.15, 0.2) is 0 Å². The number of hydrogen-bond donors (Lipinski definition) is 1. The minimum Gasteiger partial charge on any atom is -0.143 e. The fourth-order valence-electron chi connectivity index (χ4n) is 1.13. The Bertz CT molecular complexity index is 241. The van der Waals surface area contributed by atoms with Crippen molar-refractivity contribution in [2.75, 3.05) is 0 Å². The quantitative estimate of drug-likeness (QED) is 0.641. The van der Waals surface area contributed by atoms with Gasteiger partial charge >= 0.3 is 0 Å². The molecule has 60 valence electrons. The highest BCUT2D eigenvalue weighted by atomic mass is 32.1. The van der Waals surface area contributed by atoms with Gasteiger partial charge in [-0.15, -0.1) is 12.6 Å². The highest BCUT2D eigenvalue weighted by molar-refractivity contribution is 7.80. The van der Waals surface area contributed by atoms with Gasteiger partial charge in [0.1, 0.15) is 0 Å². The summed E-state index contributed by atoms with van der Waals surface area (Å²) in [5.41, 5.74) is 2.71. The summed E-state index contributed by atoms with van der Waals surface area (Å²) >= 11 is 4.40. The van der Waals surface area contributed by atoms with Gasteiger partial charge in [-0.1, -0.05) is 26.0 Å². The van der Waals surface area contributed by atoms with E-state index in [1.165, 1.54) is 11.1 Å². The van der Waals surface area contributed by atoms with Crippen LogP contribution in [0.3, 0.4) is 0 Å². The molecule has 0 spiro atoms. The van der Waals surface area contributed by atoms with Crippen LogP contribution in [0.1, 0.15) is 25.0 Å². The molecule has 0 fully saturated rings. The molecule has 1 aromatic carbocycles. The maximum Gasteiger partial charge on any atom is 0.00746 e. The van der Waals surface area contributed by atoms with Gasteiger partial charge < -0.3 is 0 Å². The van der Waals surface area contributed by atoms with Gasteiger partial charge in [-0.3, -0.25) is 0 Å². The molecule has 1 rings (SSSR count). The SMILES string of the molecule is CCc1ccc(CC)c(S)c1. The normalized spacial score (nSPS) is 10.1.